The van der Waals surface area contributed by atoms with Crippen LogP contribution in [0.1, 0.15) is 35.8 Å². The number of anilines is 1. The molecule has 1 aromatic carbocycles. The van der Waals surface area contributed by atoms with Gasteiger partial charge in [-0.3, -0.25) is 4.99 Å². The van der Waals surface area contributed by atoms with Crippen molar-refractivity contribution in [3.8, 4) is 0 Å². The Balaban J connectivity index is 2.18. The second-order valence-corrected chi connectivity index (χ2v) is 7.22. The fourth-order valence-electron chi connectivity index (χ4n) is 2.25. The van der Waals surface area contributed by atoms with Crippen LogP contribution in [0, 0.1) is 0 Å². The fourth-order valence-corrected chi connectivity index (χ4v) is 3.79. The van der Waals surface area contributed by atoms with E-state index in [1.165, 1.54) is 4.88 Å². The lowest BCUT2D eigenvalue weighted by atomic mass is 10.0. The lowest BCUT2D eigenvalue weighted by molar-refractivity contribution is 0.889. The first-order valence-electron chi connectivity index (χ1n) is 6.79. The molecule has 21 heavy (non-hydrogen) atoms. The van der Waals surface area contributed by atoms with Crippen LogP contribution in [0.2, 0.25) is 5.02 Å². The highest BCUT2D eigenvalue weighted by atomic mass is 35.5. The Morgan fingerprint density at radius 2 is 2.05 bits per heavy atom. The number of halogens is 1. The van der Waals surface area contributed by atoms with E-state index >= 15 is 0 Å². The average Bonchev–Trinajstić information content (AvgIpc) is 2.79. The van der Waals surface area contributed by atoms with Crippen LogP contribution in [0.5, 0.6) is 0 Å². The van der Waals surface area contributed by atoms with E-state index in [0.29, 0.717) is 17.5 Å². The predicted octanol–water partition coefficient (Wildman–Crippen LogP) is 5.12. The molecular formula is C16H15ClN2S2. The normalized spacial score (nSPS) is 14.5. The van der Waals surface area contributed by atoms with Crippen LogP contribution >= 0.6 is 35.2 Å². The maximum Gasteiger partial charge on any atom is 0.103 e. The quantitative estimate of drug-likeness (QED) is 0.771. The van der Waals surface area contributed by atoms with Crippen molar-refractivity contribution < 1.29 is 0 Å². The number of rotatable bonds is 2. The van der Waals surface area contributed by atoms with Gasteiger partial charge in [0.25, 0.3) is 0 Å². The molecule has 0 saturated carbocycles. The standard InChI is InChI=1S/C16H15ClN2S2/c1-9(2)13-7-11-15(10-5-3-4-6-12(10)17)18-8-14(20)19-16(11)21-13/h3-7,9H,8H2,1-2H3,(H,19,20). The molecule has 2 aromatic rings. The summed E-state index contributed by atoms with van der Waals surface area (Å²) in [5.41, 5.74) is 2.97. The third-order valence-corrected chi connectivity index (χ3v) is 5.25. The molecule has 1 aromatic heterocycles. The van der Waals surface area contributed by atoms with Crippen LogP contribution in [0.3, 0.4) is 0 Å². The first-order valence-corrected chi connectivity index (χ1v) is 8.40. The first-order chi connectivity index (χ1) is 10.1. The van der Waals surface area contributed by atoms with Crippen molar-refractivity contribution in [3.63, 3.8) is 0 Å². The summed E-state index contributed by atoms with van der Waals surface area (Å²) in [7, 11) is 0. The second-order valence-electron chi connectivity index (χ2n) is 5.24. The monoisotopic (exact) mass is 334 g/mol. The van der Waals surface area contributed by atoms with Crippen molar-refractivity contribution >= 4 is 50.9 Å². The molecule has 0 spiro atoms. The zero-order valence-corrected chi connectivity index (χ0v) is 14.2. The van der Waals surface area contributed by atoms with Gasteiger partial charge < -0.3 is 5.32 Å². The highest BCUT2D eigenvalue weighted by molar-refractivity contribution is 7.80. The number of thiophene rings is 1. The summed E-state index contributed by atoms with van der Waals surface area (Å²) in [4.78, 5) is 6.75. The van der Waals surface area contributed by atoms with Gasteiger partial charge in [0.05, 0.1) is 12.3 Å². The molecule has 2 nitrogen and oxygen atoms in total. The number of thiocarbonyl (C=S) groups is 1. The van der Waals surface area contributed by atoms with E-state index in [1.54, 1.807) is 11.3 Å². The van der Waals surface area contributed by atoms with Crippen LogP contribution in [0.25, 0.3) is 0 Å². The fraction of sp³-hybridized carbons (Fsp3) is 0.250. The molecule has 1 aliphatic heterocycles. The largest absolute Gasteiger partial charge is 0.340 e. The highest BCUT2D eigenvalue weighted by Crippen LogP contribution is 2.36. The summed E-state index contributed by atoms with van der Waals surface area (Å²) in [6, 6.07) is 10.0. The van der Waals surface area contributed by atoms with Crippen LogP contribution in [-0.4, -0.2) is 17.2 Å². The Labute approximate surface area is 138 Å². The van der Waals surface area contributed by atoms with E-state index in [1.807, 2.05) is 24.3 Å². The smallest absolute Gasteiger partial charge is 0.103 e. The van der Waals surface area contributed by atoms with E-state index in [-0.39, 0.29) is 0 Å². The van der Waals surface area contributed by atoms with Crippen molar-refractivity contribution in [1.29, 1.82) is 0 Å². The molecule has 1 aliphatic rings. The maximum atomic E-state index is 6.35. The molecule has 2 heterocycles. The summed E-state index contributed by atoms with van der Waals surface area (Å²) >= 11 is 13.4. The molecule has 108 valence electrons. The SMILES string of the molecule is CC(C)c1cc2c(s1)NC(=S)CN=C2c1ccccc1Cl. The number of nitrogens with zero attached hydrogens (tertiary/aromatic N) is 1. The van der Waals surface area contributed by atoms with Gasteiger partial charge in [-0.15, -0.1) is 11.3 Å². The summed E-state index contributed by atoms with van der Waals surface area (Å²) in [5.74, 6) is 0.477. The van der Waals surface area contributed by atoms with Crippen molar-refractivity contribution in [1.82, 2.24) is 0 Å². The molecule has 0 radical (unpaired) electrons. The minimum atomic E-state index is 0.477. The molecule has 0 saturated heterocycles. The van der Waals surface area contributed by atoms with E-state index in [2.05, 4.69) is 30.2 Å². The van der Waals surface area contributed by atoms with Gasteiger partial charge in [-0.05, 0) is 18.1 Å². The van der Waals surface area contributed by atoms with E-state index in [9.17, 15) is 0 Å². The molecule has 3 rings (SSSR count). The van der Waals surface area contributed by atoms with Crippen LogP contribution in [0.15, 0.2) is 35.3 Å². The Hall–Kier alpha value is -1.23. The maximum absolute atomic E-state index is 6.35. The highest BCUT2D eigenvalue weighted by Gasteiger charge is 2.21. The third-order valence-electron chi connectivity index (χ3n) is 3.34. The molecule has 0 atom stereocenters. The van der Waals surface area contributed by atoms with E-state index in [4.69, 9.17) is 23.8 Å². The van der Waals surface area contributed by atoms with Gasteiger partial charge >= 0.3 is 0 Å². The number of aliphatic imine (C=N–C) groups is 1. The molecule has 1 N–H and O–H groups in total. The number of nitrogens with one attached hydrogen (secondary N) is 1. The number of benzene rings is 1. The van der Waals surface area contributed by atoms with Gasteiger partial charge in [0.1, 0.15) is 9.99 Å². The minimum Gasteiger partial charge on any atom is -0.340 e. The van der Waals surface area contributed by atoms with Crippen molar-refractivity contribution in [3.05, 3.63) is 51.4 Å². The van der Waals surface area contributed by atoms with Crippen molar-refractivity contribution in [2.45, 2.75) is 19.8 Å². The number of hydrogen-bond donors (Lipinski definition) is 1. The lowest BCUT2D eigenvalue weighted by Crippen LogP contribution is -2.09. The molecular weight excluding hydrogens is 320 g/mol. The molecule has 0 bridgehead atoms. The lowest BCUT2D eigenvalue weighted by Gasteiger charge is -2.07. The molecule has 0 unspecified atom stereocenters. The Morgan fingerprint density at radius 3 is 2.76 bits per heavy atom. The Bertz CT molecular complexity index is 732. The molecule has 0 fully saturated rings. The van der Waals surface area contributed by atoms with Gasteiger partial charge in [-0.2, -0.15) is 0 Å². The number of fused-ring (bicyclic) bond motifs is 1. The minimum absolute atomic E-state index is 0.477. The zero-order valence-electron chi connectivity index (χ0n) is 11.8. The summed E-state index contributed by atoms with van der Waals surface area (Å²) < 4.78 is 0. The van der Waals surface area contributed by atoms with Crippen molar-refractivity contribution in [2.75, 3.05) is 11.9 Å². The van der Waals surface area contributed by atoms with Gasteiger partial charge in [-0.25, -0.2) is 0 Å². The molecule has 0 aliphatic carbocycles. The average molecular weight is 335 g/mol. The van der Waals surface area contributed by atoms with Gasteiger partial charge in [-0.1, -0.05) is 55.9 Å². The predicted molar refractivity (Wildman–Crippen MR) is 96.6 cm³/mol. The van der Waals surface area contributed by atoms with Gasteiger partial charge in [0.15, 0.2) is 0 Å². The van der Waals surface area contributed by atoms with Crippen LogP contribution in [0.4, 0.5) is 5.00 Å². The summed E-state index contributed by atoms with van der Waals surface area (Å²) in [5, 5.41) is 5.09. The first kappa shape index (κ1) is 14.7. The Morgan fingerprint density at radius 1 is 1.29 bits per heavy atom. The summed E-state index contributed by atoms with van der Waals surface area (Å²) in [6.07, 6.45) is 0. The molecule has 0 amide bonds. The zero-order chi connectivity index (χ0) is 15.0. The summed E-state index contributed by atoms with van der Waals surface area (Å²) in [6.45, 7) is 4.87. The van der Waals surface area contributed by atoms with Gasteiger partial charge in [0.2, 0.25) is 0 Å². The van der Waals surface area contributed by atoms with Gasteiger partial charge in [0, 0.05) is 21.0 Å². The van der Waals surface area contributed by atoms with E-state index in [0.717, 1.165) is 26.8 Å². The van der Waals surface area contributed by atoms with Crippen molar-refractivity contribution in [2.24, 2.45) is 4.99 Å². The van der Waals surface area contributed by atoms with Crippen LogP contribution < -0.4 is 5.32 Å². The topological polar surface area (TPSA) is 24.4 Å². The second kappa shape index (κ2) is 5.87. The number of hydrogen-bond acceptors (Lipinski definition) is 3. The van der Waals surface area contributed by atoms with E-state index < -0.39 is 0 Å². The van der Waals surface area contributed by atoms with Crippen LogP contribution in [-0.2, 0) is 0 Å². The Kier molecular flexibility index (Phi) is 4.11. The molecule has 5 heteroatoms. The third kappa shape index (κ3) is 2.89.